The topological polar surface area (TPSA) is 147 Å². The number of hydroxylamine groups is 1. The van der Waals surface area contributed by atoms with E-state index < -0.39 is 5.91 Å². The molecule has 0 saturated heterocycles. The van der Waals surface area contributed by atoms with E-state index in [4.69, 9.17) is 14.7 Å². The fraction of sp³-hybridized carbons (Fsp3) is 0.441. The van der Waals surface area contributed by atoms with Crippen LogP contribution in [0.2, 0.25) is 0 Å². The van der Waals surface area contributed by atoms with Crippen molar-refractivity contribution in [2.24, 2.45) is 5.10 Å². The van der Waals surface area contributed by atoms with E-state index >= 15 is 0 Å². The Hall–Kier alpha value is -4.51. The lowest BCUT2D eigenvalue weighted by Gasteiger charge is -2.33. The van der Waals surface area contributed by atoms with Gasteiger partial charge in [-0.3, -0.25) is 24.4 Å². The highest BCUT2D eigenvalue weighted by molar-refractivity contribution is 5.95. The minimum atomic E-state index is -0.406. The van der Waals surface area contributed by atoms with Crippen LogP contribution in [0.1, 0.15) is 92.1 Å². The van der Waals surface area contributed by atoms with Crippen LogP contribution in [-0.4, -0.2) is 58.8 Å². The van der Waals surface area contributed by atoms with Crippen LogP contribution in [-0.2, 0) is 25.7 Å². The second-order valence-corrected chi connectivity index (χ2v) is 11.3. The van der Waals surface area contributed by atoms with Crippen LogP contribution in [0.25, 0.3) is 0 Å². The maximum atomic E-state index is 13.3. The minimum absolute atomic E-state index is 0.0396. The normalized spacial score (nSPS) is 19.6. The average molecular weight is 619 g/mol. The summed E-state index contributed by atoms with van der Waals surface area (Å²) in [4.78, 5) is 51.3. The predicted octanol–water partition coefficient (Wildman–Crippen LogP) is 4.82. The van der Waals surface area contributed by atoms with Gasteiger partial charge in [0.2, 0.25) is 11.8 Å². The molecule has 2 atom stereocenters. The van der Waals surface area contributed by atoms with Gasteiger partial charge < -0.3 is 14.4 Å². The smallest absolute Gasteiger partial charge is 0.306 e. The molecule has 2 aliphatic rings. The molecule has 1 aliphatic carbocycles. The molecule has 45 heavy (non-hydrogen) atoms. The summed E-state index contributed by atoms with van der Waals surface area (Å²) in [5.41, 5.74) is 6.24. The van der Waals surface area contributed by atoms with Crippen molar-refractivity contribution in [3.05, 3.63) is 77.4 Å². The zero-order valence-corrected chi connectivity index (χ0v) is 25.5. The summed E-state index contributed by atoms with van der Waals surface area (Å²) >= 11 is 0. The van der Waals surface area contributed by atoms with E-state index in [1.54, 1.807) is 36.0 Å². The fourth-order valence-electron chi connectivity index (χ4n) is 5.54. The molecule has 1 aliphatic heterocycles. The number of carbonyl (C=O) groups excluding carboxylic acids is 4. The number of hydrazone groups is 1. The Morgan fingerprint density at radius 1 is 1.02 bits per heavy atom. The molecule has 0 unspecified atom stereocenters. The zero-order chi connectivity index (χ0) is 31.9. The zero-order valence-electron chi connectivity index (χ0n) is 25.5. The Bertz CT molecular complexity index is 1380. The van der Waals surface area contributed by atoms with Crippen LogP contribution in [0.15, 0.2) is 65.8 Å². The molecule has 0 bridgehead atoms. The fourth-order valence-corrected chi connectivity index (χ4v) is 5.54. The number of rotatable bonds is 12. The maximum Gasteiger partial charge on any atom is 0.306 e. The maximum absolute atomic E-state index is 13.3. The van der Waals surface area contributed by atoms with E-state index in [-0.39, 0.29) is 36.4 Å². The number of hydrogen-bond donors (Lipinski definition) is 3. The average Bonchev–Trinajstić information content (AvgIpc) is 3.50. The van der Waals surface area contributed by atoms with Gasteiger partial charge in [0.05, 0.1) is 18.9 Å². The molecule has 4 rings (SSSR count). The number of fused-ring (bicyclic) bond motifs is 1. The quantitative estimate of drug-likeness (QED) is 0.0772. The van der Waals surface area contributed by atoms with Crippen LogP contribution >= 0.6 is 0 Å². The number of ether oxygens (including phenoxy) is 2. The van der Waals surface area contributed by atoms with Gasteiger partial charge >= 0.3 is 5.97 Å². The number of unbranched alkanes of at least 4 members (excludes halogenated alkanes) is 2. The van der Waals surface area contributed by atoms with Crippen molar-refractivity contribution in [3.63, 3.8) is 0 Å². The summed E-state index contributed by atoms with van der Waals surface area (Å²) < 4.78 is 11.5. The molecular formula is C34H42N4O7. The predicted molar refractivity (Wildman–Crippen MR) is 168 cm³/mol. The molecule has 240 valence electrons. The van der Waals surface area contributed by atoms with E-state index in [1.165, 1.54) is 0 Å². The molecule has 2 aromatic carbocycles. The Labute approximate surface area is 263 Å². The summed E-state index contributed by atoms with van der Waals surface area (Å²) in [6.45, 7) is 0.826. The van der Waals surface area contributed by atoms with Crippen molar-refractivity contribution in [3.8, 4) is 5.75 Å². The van der Waals surface area contributed by atoms with Gasteiger partial charge in [0.15, 0.2) is 0 Å². The molecule has 3 amide bonds. The number of esters is 1. The lowest BCUT2D eigenvalue weighted by molar-refractivity contribution is -0.154. The second kappa shape index (κ2) is 17.7. The summed E-state index contributed by atoms with van der Waals surface area (Å²) in [7, 11) is 0. The summed E-state index contributed by atoms with van der Waals surface area (Å²) in [6.07, 6.45) is 12.0. The first-order chi connectivity index (χ1) is 21.9. The number of nitrogens with one attached hydrogen (secondary N) is 2. The lowest BCUT2D eigenvalue weighted by atomic mass is 10.1. The van der Waals surface area contributed by atoms with Crippen LogP contribution in [0, 0.1) is 0 Å². The third-order valence-corrected chi connectivity index (χ3v) is 7.85. The van der Waals surface area contributed by atoms with E-state index in [0.29, 0.717) is 56.6 Å². The molecule has 3 N–H and O–H groups in total. The van der Waals surface area contributed by atoms with Crippen LogP contribution in [0.4, 0.5) is 0 Å². The van der Waals surface area contributed by atoms with Crippen LogP contribution in [0.3, 0.4) is 0 Å². The van der Waals surface area contributed by atoms with Gasteiger partial charge in [-0.05, 0) is 86.8 Å². The largest absolute Gasteiger partial charge is 0.494 e. The molecule has 11 nitrogen and oxygen atoms in total. The van der Waals surface area contributed by atoms with Crippen molar-refractivity contribution in [1.82, 2.24) is 15.8 Å². The first-order valence-electron chi connectivity index (χ1n) is 15.6. The van der Waals surface area contributed by atoms with Gasteiger partial charge in [-0.1, -0.05) is 36.4 Å². The van der Waals surface area contributed by atoms with Gasteiger partial charge in [0.1, 0.15) is 11.9 Å². The number of carbonyl (C=O) groups is 4. The molecule has 1 saturated carbocycles. The second-order valence-electron chi connectivity index (χ2n) is 11.3. The molecule has 11 heteroatoms. The van der Waals surface area contributed by atoms with Gasteiger partial charge in [-0.15, -0.1) is 0 Å². The Morgan fingerprint density at radius 3 is 2.69 bits per heavy atom. The SMILES string of the molecule is O=C(CCCCCOc1cccc(C(=O)N/N=C/c2cccc(CN3C(=O)CC/C=C/CCC(=O)O[C@H]4CCC[C@@H]43)c2)c1)NO. The van der Waals surface area contributed by atoms with Crippen molar-refractivity contribution in [2.75, 3.05) is 6.61 Å². The first-order valence-corrected chi connectivity index (χ1v) is 15.6. The molecule has 0 spiro atoms. The monoisotopic (exact) mass is 618 g/mol. The molecule has 1 fully saturated rings. The summed E-state index contributed by atoms with van der Waals surface area (Å²) in [5.74, 6) is -0.417. The first kappa shape index (κ1) is 33.4. The highest BCUT2D eigenvalue weighted by Crippen LogP contribution is 2.30. The Balaban J connectivity index is 1.32. The van der Waals surface area contributed by atoms with E-state index in [0.717, 1.165) is 43.2 Å². The van der Waals surface area contributed by atoms with Gasteiger partial charge in [0, 0.05) is 31.4 Å². The summed E-state index contributed by atoms with van der Waals surface area (Å²) in [6, 6.07) is 14.3. The number of nitrogens with zero attached hydrogens (tertiary/aromatic N) is 2. The molecule has 0 aromatic heterocycles. The van der Waals surface area contributed by atoms with Gasteiger partial charge in [-0.25, -0.2) is 10.9 Å². The van der Waals surface area contributed by atoms with Crippen LogP contribution < -0.4 is 15.6 Å². The molecular weight excluding hydrogens is 576 g/mol. The van der Waals surface area contributed by atoms with E-state index in [1.807, 2.05) is 41.3 Å². The third-order valence-electron chi connectivity index (χ3n) is 7.85. The highest BCUT2D eigenvalue weighted by Gasteiger charge is 2.37. The number of hydrogen-bond acceptors (Lipinski definition) is 8. The van der Waals surface area contributed by atoms with E-state index in [2.05, 4.69) is 10.5 Å². The van der Waals surface area contributed by atoms with Crippen molar-refractivity contribution >= 4 is 29.9 Å². The third kappa shape index (κ3) is 10.9. The number of amides is 3. The van der Waals surface area contributed by atoms with Crippen molar-refractivity contribution < 1.29 is 33.9 Å². The Morgan fingerprint density at radius 2 is 1.84 bits per heavy atom. The Kier molecular flexibility index (Phi) is 13.1. The lowest BCUT2D eigenvalue weighted by Crippen LogP contribution is -2.45. The van der Waals surface area contributed by atoms with Gasteiger partial charge in [-0.2, -0.15) is 5.10 Å². The molecule has 2 aromatic rings. The van der Waals surface area contributed by atoms with Crippen molar-refractivity contribution in [2.45, 2.75) is 89.3 Å². The van der Waals surface area contributed by atoms with Gasteiger partial charge in [0.25, 0.3) is 5.91 Å². The van der Waals surface area contributed by atoms with Crippen molar-refractivity contribution in [1.29, 1.82) is 0 Å². The van der Waals surface area contributed by atoms with E-state index in [9.17, 15) is 19.2 Å². The number of allylic oxidation sites excluding steroid dienone is 2. The molecule has 1 heterocycles. The number of benzene rings is 2. The molecule has 0 radical (unpaired) electrons. The standard InChI is InChI=1S/C34H42N4O7/c39-31(37-43)17-4-3-7-20-44-28-14-9-13-27(22-28)34(42)36-35-23-25-11-8-12-26(21-25)24-38-29-15-10-16-30(29)45-33(41)19-6-2-1-5-18-32(38)40/h1-2,8-9,11-14,21-23,29-30,43H,3-7,10,15-20,24H2,(H,36,42)(H,37,39)/b2-1+,35-23+/t29-,30-/m0/s1. The minimum Gasteiger partial charge on any atom is -0.494 e. The highest BCUT2D eigenvalue weighted by atomic mass is 16.5. The summed E-state index contributed by atoms with van der Waals surface area (Å²) in [5, 5.41) is 12.7. The van der Waals surface area contributed by atoms with Crippen LogP contribution in [0.5, 0.6) is 5.75 Å².